The van der Waals surface area contributed by atoms with Crippen molar-refractivity contribution in [2.45, 2.75) is 205 Å². The summed E-state index contributed by atoms with van der Waals surface area (Å²) >= 11 is 0. The normalized spacial score (nSPS) is 21.2. The minimum absolute atomic E-state index is 0.144. The van der Waals surface area contributed by atoms with Crippen LogP contribution in [-0.2, 0) is 28.5 Å². The lowest BCUT2D eigenvalue weighted by atomic mass is 9.99. The molecule has 0 bridgehead atoms. The summed E-state index contributed by atoms with van der Waals surface area (Å²) in [5.74, 6) is -0.881. The number of ether oxygens (including phenoxy) is 4. The van der Waals surface area contributed by atoms with Crippen LogP contribution in [0.1, 0.15) is 168 Å². The molecule has 1 unspecified atom stereocenters. The molecule has 6 atom stereocenters. The van der Waals surface area contributed by atoms with Gasteiger partial charge >= 0.3 is 11.9 Å². The van der Waals surface area contributed by atoms with Crippen molar-refractivity contribution in [3.8, 4) is 0 Å². The van der Waals surface area contributed by atoms with Crippen molar-refractivity contribution in [2.24, 2.45) is 0 Å². The SMILES string of the molecule is CCCCCC=CCC=CCCCCCCCC(=O)OCC(CO[C@@H]1O[C@H](CO)[C@H](O)[C@H](O)[C@@H]1O)OC(=O)CCC=CCCCCCCCCCCC. The smallest absolute Gasteiger partial charge is 0.306 e. The van der Waals surface area contributed by atoms with Crippen LogP contribution in [-0.4, -0.2) is 89.0 Å². The number of rotatable bonds is 34. The molecule has 0 aliphatic carbocycles. The minimum atomic E-state index is -1.60. The standard InChI is InChI=1S/C43H76O10/c1-3-5-7-9-11-13-15-17-18-20-21-23-25-27-29-31-38(45)50-34-36(35-51-43-42(49)41(48)40(47)37(33-44)53-43)52-39(46)32-30-28-26-24-22-19-16-14-12-10-8-6-4-2/h11,13,17-18,26,28,36-37,40-44,47-49H,3-10,12,14-16,19-25,27,29-35H2,1-2H3/t36?,37-,40+,41+,42+,43-/m1/s1. The molecule has 1 saturated heterocycles. The van der Waals surface area contributed by atoms with Gasteiger partial charge in [0.2, 0.25) is 0 Å². The predicted octanol–water partition coefficient (Wildman–Crippen LogP) is 8.33. The summed E-state index contributed by atoms with van der Waals surface area (Å²) in [6, 6.07) is 0. The van der Waals surface area contributed by atoms with E-state index in [0.29, 0.717) is 12.8 Å². The van der Waals surface area contributed by atoms with Crippen molar-refractivity contribution in [3.05, 3.63) is 36.5 Å². The van der Waals surface area contributed by atoms with Crippen molar-refractivity contribution >= 4 is 11.9 Å². The van der Waals surface area contributed by atoms with Gasteiger partial charge in [0.1, 0.15) is 31.0 Å². The van der Waals surface area contributed by atoms with Gasteiger partial charge in [0, 0.05) is 12.8 Å². The van der Waals surface area contributed by atoms with E-state index >= 15 is 0 Å². The topological polar surface area (TPSA) is 152 Å². The maximum absolute atomic E-state index is 12.7. The summed E-state index contributed by atoms with van der Waals surface area (Å²) in [6.07, 6.45) is 30.2. The maximum Gasteiger partial charge on any atom is 0.306 e. The number of allylic oxidation sites excluding steroid dienone is 6. The lowest BCUT2D eigenvalue weighted by Crippen LogP contribution is -2.59. The molecule has 4 N–H and O–H groups in total. The van der Waals surface area contributed by atoms with Gasteiger partial charge in [0.25, 0.3) is 0 Å². The van der Waals surface area contributed by atoms with Gasteiger partial charge in [-0.15, -0.1) is 0 Å². The molecule has 1 aliphatic rings. The summed E-state index contributed by atoms with van der Waals surface area (Å²) in [7, 11) is 0. The fourth-order valence-electron chi connectivity index (χ4n) is 6.12. The van der Waals surface area contributed by atoms with Crippen LogP contribution in [0.5, 0.6) is 0 Å². The van der Waals surface area contributed by atoms with Crippen LogP contribution in [0, 0.1) is 0 Å². The zero-order chi connectivity index (χ0) is 38.8. The van der Waals surface area contributed by atoms with Crippen molar-refractivity contribution in [1.29, 1.82) is 0 Å². The first-order valence-electron chi connectivity index (χ1n) is 21.1. The molecule has 0 amide bonds. The third-order valence-corrected chi connectivity index (χ3v) is 9.51. The Bertz CT molecular complexity index is 965. The Kier molecular flexibility index (Phi) is 31.8. The lowest BCUT2D eigenvalue weighted by molar-refractivity contribution is -0.305. The Balaban J connectivity index is 2.39. The van der Waals surface area contributed by atoms with E-state index in [-0.39, 0.29) is 26.1 Å². The van der Waals surface area contributed by atoms with E-state index < -0.39 is 55.4 Å². The quantitative estimate of drug-likeness (QED) is 0.0287. The first-order valence-corrected chi connectivity index (χ1v) is 21.1. The number of hydrogen-bond acceptors (Lipinski definition) is 10. The summed E-state index contributed by atoms with van der Waals surface area (Å²) in [5.41, 5.74) is 0. The second-order valence-corrected chi connectivity index (χ2v) is 14.4. The monoisotopic (exact) mass is 753 g/mol. The van der Waals surface area contributed by atoms with E-state index in [1.807, 2.05) is 6.08 Å². The number of carbonyl (C=O) groups is 2. The van der Waals surface area contributed by atoms with Crippen molar-refractivity contribution in [1.82, 2.24) is 0 Å². The molecule has 0 spiro atoms. The van der Waals surface area contributed by atoms with E-state index in [0.717, 1.165) is 51.4 Å². The highest BCUT2D eigenvalue weighted by Gasteiger charge is 2.44. The largest absolute Gasteiger partial charge is 0.462 e. The highest BCUT2D eigenvalue weighted by Crippen LogP contribution is 2.22. The van der Waals surface area contributed by atoms with Crippen LogP contribution >= 0.6 is 0 Å². The fourth-order valence-corrected chi connectivity index (χ4v) is 6.12. The number of esters is 2. The van der Waals surface area contributed by atoms with Gasteiger partial charge in [-0.1, -0.05) is 134 Å². The van der Waals surface area contributed by atoms with Gasteiger partial charge in [-0.25, -0.2) is 0 Å². The second kappa shape index (κ2) is 34.4. The van der Waals surface area contributed by atoms with Gasteiger partial charge in [-0.05, 0) is 57.8 Å². The van der Waals surface area contributed by atoms with Crippen LogP contribution in [0.4, 0.5) is 0 Å². The third-order valence-electron chi connectivity index (χ3n) is 9.51. The molecule has 0 aromatic heterocycles. The van der Waals surface area contributed by atoms with Gasteiger partial charge in [0.05, 0.1) is 13.2 Å². The molecular weight excluding hydrogens is 676 g/mol. The first kappa shape index (κ1) is 48.9. The van der Waals surface area contributed by atoms with Crippen molar-refractivity contribution < 1.29 is 49.0 Å². The highest BCUT2D eigenvalue weighted by molar-refractivity contribution is 5.70. The summed E-state index contributed by atoms with van der Waals surface area (Å²) in [5, 5.41) is 40.0. The van der Waals surface area contributed by atoms with Gasteiger partial charge in [0.15, 0.2) is 12.4 Å². The predicted molar refractivity (Wildman–Crippen MR) is 210 cm³/mol. The average Bonchev–Trinajstić information content (AvgIpc) is 3.15. The molecule has 53 heavy (non-hydrogen) atoms. The summed E-state index contributed by atoms with van der Waals surface area (Å²) < 4.78 is 22.0. The molecule has 1 rings (SSSR count). The van der Waals surface area contributed by atoms with Crippen LogP contribution in [0.25, 0.3) is 0 Å². The Morgan fingerprint density at radius 3 is 1.70 bits per heavy atom. The van der Waals surface area contributed by atoms with E-state index in [9.17, 15) is 30.0 Å². The van der Waals surface area contributed by atoms with Crippen molar-refractivity contribution in [3.63, 3.8) is 0 Å². The Labute approximate surface area is 321 Å². The Morgan fingerprint density at radius 1 is 0.585 bits per heavy atom. The molecule has 1 heterocycles. The molecule has 0 saturated carbocycles. The third kappa shape index (κ3) is 26.4. The van der Waals surface area contributed by atoms with E-state index in [4.69, 9.17) is 18.9 Å². The molecule has 1 aliphatic heterocycles. The molecule has 0 radical (unpaired) electrons. The zero-order valence-corrected chi connectivity index (χ0v) is 33.3. The number of hydrogen-bond donors (Lipinski definition) is 4. The zero-order valence-electron chi connectivity index (χ0n) is 33.3. The van der Waals surface area contributed by atoms with Crippen LogP contribution < -0.4 is 0 Å². The Morgan fingerprint density at radius 2 is 1.09 bits per heavy atom. The Hall–Kier alpha value is -2.08. The second-order valence-electron chi connectivity index (χ2n) is 14.4. The number of aliphatic hydroxyl groups excluding tert-OH is 4. The molecule has 0 aromatic carbocycles. The molecule has 0 aromatic rings. The number of aliphatic hydroxyl groups is 4. The van der Waals surface area contributed by atoms with Crippen molar-refractivity contribution in [2.75, 3.05) is 19.8 Å². The van der Waals surface area contributed by atoms with E-state index in [1.165, 1.54) is 77.0 Å². The van der Waals surface area contributed by atoms with Crippen LogP contribution in [0.3, 0.4) is 0 Å². The number of unbranched alkanes of at least 4 members (excludes halogenated alkanes) is 17. The fraction of sp³-hybridized carbons (Fsp3) is 0.814. The van der Waals surface area contributed by atoms with Gasteiger partial charge in [-0.2, -0.15) is 0 Å². The van der Waals surface area contributed by atoms with Crippen LogP contribution in [0.2, 0.25) is 0 Å². The van der Waals surface area contributed by atoms with E-state index in [1.54, 1.807) is 0 Å². The first-order chi connectivity index (χ1) is 25.8. The van der Waals surface area contributed by atoms with E-state index in [2.05, 4.69) is 44.2 Å². The average molecular weight is 753 g/mol. The lowest BCUT2D eigenvalue weighted by Gasteiger charge is -2.39. The van der Waals surface area contributed by atoms with Gasteiger partial charge in [-0.3, -0.25) is 9.59 Å². The maximum atomic E-state index is 12.7. The molecule has 308 valence electrons. The number of carbonyl (C=O) groups excluding carboxylic acids is 2. The molecule has 10 heteroatoms. The van der Waals surface area contributed by atoms with Gasteiger partial charge < -0.3 is 39.4 Å². The highest BCUT2D eigenvalue weighted by atomic mass is 16.7. The van der Waals surface area contributed by atoms with Crippen LogP contribution in [0.15, 0.2) is 36.5 Å². The summed E-state index contributed by atoms with van der Waals surface area (Å²) in [4.78, 5) is 25.2. The molecule has 1 fully saturated rings. The summed E-state index contributed by atoms with van der Waals surface area (Å²) in [6.45, 7) is 3.33. The molecule has 10 nitrogen and oxygen atoms in total. The minimum Gasteiger partial charge on any atom is -0.462 e. The molecular formula is C43H76O10.